The molecule has 3 nitrogen and oxygen atoms in total. The van der Waals surface area contributed by atoms with Crippen molar-refractivity contribution in [2.45, 2.75) is 20.0 Å². The van der Waals surface area contributed by atoms with E-state index in [2.05, 4.69) is 17.2 Å². The number of hydrogen-bond donors (Lipinski definition) is 1. The van der Waals surface area contributed by atoms with Gasteiger partial charge in [-0.25, -0.2) is 4.98 Å². The fraction of sp³-hybridized carbons (Fsp3) is 0.444. The van der Waals surface area contributed by atoms with Gasteiger partial charge in [-0.2, -0.15) is 0 Å². The molecular formula is C9H14Cl2N2O. The van der Waals surface area contributed by atoms with Crippen LogP contribution in [-0.4, -0.2) is 12.1 Å². The molecule has 0 fully saturated rings. The van der Waals surface area contributed by atoms with Crippen molar-refractivity contribution in [1.29, 1.82) is 0 Å². The fourth-order valence-electron chi connectivity index (χ4n) is 1.53. The Morgan fingerprint density at radius 2 is 2.07 bits per heavy atom. The summed E-state index contributed by atoms with van der Waals surface area (Å²) in [6, 6.07) is 1.98. The molecule has 0 aromatic carbocycles. The predicted molar refractivity (Wildman–Crippen MR) is 60.6 cm³/mol. The molecule has 1 aliphatic heterocycles. The molecule has 14 heavy (non-hydrogen) atoms. The molecule has 1 N–H and O–H groups in total. The van der Waals surface area contributed by atoms with Crippen molar-refractivity contribution in [1.82, 2.24) is 10.3 Å². The normalized spacial score (nSPS) is 12.4. The van der Waals surface area contributed by atoms with Crippen molar-refractivity contribution in [3.63, 3.8) is 0 Å². The highest BCUT2D eigenvalue weighted by Gasteiger charge is 2.14. The highest BCUT2D eigenvalue weighted by molar-refractivity contribution is 5.85. The van der Waals surface area contributed by atoms with Crippen LogP contribution in [0.5, 0.6) is 5.88 Å². The van der Waals surface area contributed by atoms with Crippen LogP contribution in [0.3, 0.4) is 0 Å². The van der Waals surface area contributed by atoms with Crippen LogP contribution in [0.25, 0.3) is 0 Å². The van der Waals surface area contributed by atoms with Crippen LogP contribution in [0.4, 0.5) is 0 Å². The number of ether oxygens (including phenoxy) is 1. The summed E-state index contributed by atoms with van der Waals surface area (Å²) in [5, 5.41) is 3.26. The van der Waals surface area contributed by atoms with Gasteiger partial charge in [-0.15, -0.1) is 24.8 Å². The van der Waals surface area contributed by atoms with Gasteiger partial charge in [-0.05, 0) is 18.1 Å². The number of fused-ring (bicyclic) bond motifs is 1. The number of aryl methyl sites for hydroxylation is 1. The molecule has 80 valence electrons. The number of nitrogens with one attached hydrogen (secondary N) is 1. The van der Waals surface area contributed by atoms with E-state index in [0.29, 0.717) is 0 Å². The monoisotopic (exact) mass is 236 g/mol. The predicted octanol–water partition coefficient (Wildman–Crippen LogP) is 1.85. The first kappa shape index (κ1) is 13.5. The van der Waals surface area contributed by atoms with Crippen molar-refractivity contribution < 1.29 is 4.74 Å². The standard InChI is InChI=1S/C9H12N2O.2ClH/c1-6-3-9(12-2)11-8-5-10-4-7(6)8;;/h3,10H,4-5H2,1-2H3;2*1H. The second-order valence-electron chi connectivity index (χ2n) is 3.01. The Labute approximate surface area is 96.1 Å². The van der Waals surface area contributed by atoms with Gasteiger partial charge in [0.1, 0.15) is 0 Å². The lowest BCUT2D eigenvalue weighted by atomic mass is 10.1. The molecular weight excluding hydrogens is 223 g/mol. The molecule has 0 saturated heterocycles. The summed E-state index contributed by atoms with van der Waals surface area (Å²) in [4.78, 5) is 4.35. The van der Waals surface area contributed by atoms with Gasteiger partial charge in [0.05, 0.1) is 12.8 Å². The molecule has 5 heteroatoms. The molecule has 0 amide bonds. The maximum atomic E-state index is 5.08. The largest absolute Gasteiger partial charge is 0.481 e. The first-order chi connectivity index (χ1) is 5.81. The molecule has 1 aromatic heterocycles. The van der Waals surface area contributed by atoms with Crippen LogP contribution >= 0.6 is 24.8 Å². The van der Waals surface area contributed by atoms with Gasteiger partial charge in [0, 0.05) is 19.2 Å². The molecule has 2 heterocycles. The number of halogens is 2. The molecule has 0 bridgehead atoms. The van der Waals surface area contributed by atoms with E-state index in [0.717, 1.165) is 24.7 Å². The highest BCUT2D eigenvalue weighted by Crippen LogP contribution is 2.21. The van der Waals surface area contributed by atoms with Crippen molar-refractivity contribution in [3.05, 3.63) is 22.9 Å². The van der Waals surface area contributed by atoms with E-state index in [1.807, 2.05) is 6.07 Å². The van der Waals surface area contributed by atoms with E-state index in [4.69, 9.17) is 4.74 Å². The van der Waals surface area contributed by atoms with E-state index in [1.165, 1.54) is 11.1 Å². The molecule has 2 rings (SSSR count). The minimum Gasteiger partial charge on any atom is -0.481 e. The molecule has 0 saturated carbocycles. The minimum atomic E-state index is 0. The molecule has 1 aliphatic rings. The van der Waals surface area contributed by atoms with Crippen LogP contribution in [0.2, 0.25) is 0 Å². The third-order valence-corrected chi connectivity index (χ3v) is 2.21. The van der Waals surface area contributed by atoms with Gasteiger partial charge in [-0.3, -0.25) is 0 Å². The average molecular weight is 237 g/mol. The topological polar surface area (TPSA) is 34.1 Å². The Balaban J connectivity index is 0.000000845. The minimum absolute atomic E-state index is 0. The molecule has 1 aromatic rings. The average Bonchev–Trinajstić information content (AvgIpc) is 2.52. The van der Waals surface area contributed by atoms with Crippen LogP contribution in [0.15, 0.2) is 6.07 Å². The zero-order valence-electron chi connectivity index (χ0n) is 8.16. The van der Waals surface area contributed by atoms with E-state index in [9.17, 15) is 0 Å². The number of pyridine rings is 1. The first-order valence-electron chi connectivity index (χ1n) is 4.05. The number of rotatable bonds is 1. The summed E-state index contributed by atoms with van der Waals surface area (Å²) < 4.78 is 5.08. The summed E-state index contributed by atoms with van der Waals surface area (Å²) in [5.41, 5.74) is 3.73. The third kappa shape index (κ3) is 2.29. The fourth-order valence-corrected chi connectivity index (χ4v) is 1.53. The zero-order valence-corrected chi connectivity index (χ0v) is 9.80. The lowest BCUT2D eigenvalue weighted by Gasteiger charge is -2.04. The smallest absolute Gasteiger partial charge is 0.213 e. The van der Waals surface area contributed by atoms with E-state index < -0.39 is 0 Å². The summed E-state index contributed by atoms with van der Waals surface area (Å²) in [6.45, 7) is 3.90. The number of hydrogen-bond acceptors (Lipinski definition) is 3. The van der Waals surface area contributed by atoms with Crippen LogP contribution in [-0.2, 0) is 13.1 Å². The molecule has 0 atom stereocenters. The van der Waals surface area contributed by atoms with Crippen molar-refractivity contribution in [2.24, 2.45) is 0 Å². The Hall–Kier alpha value is -0.510. The molecule has 0 unspecified atom stereocenters. The SMILES string of the molecule is COc1cc(C)c2c(n1)CNC2.Cl.Cl. The Bertz CT molecular complexity index is 318. The van der Waals surface area contributed by atoms with Crippen molar-refractivity contribution >= 4 is 24.8 Å². The second-order valence-corrected chi connectivity index (χ2v) is 3.01. The summed E-state index contributed by atoms with van der Waals surface area (Å²) in [7, 11) is 1.65. The van der Waals surface area contributed by atoms with Gasteiger partial charge in [0.2, 0.25) is 5.88 Å². The van der Waals surface area contributed by atoms with Gasteiger partial charge in [0.15, 0.2) is 0 Å². The number of methoxy groups -OCH3 is 1. The second kappa shape index (κ2) is 5.39. The van der Waals surface area contributed by atoms with Gasteiger partial charge < -0.3 is 10.1 Å². The van der Waals surface area contributed by atoms with Gasteiger partial charge >= 0.3 is 0 Å². The molecule has 0 radical (unpaired) electrons. The Morgan fingerprint density at radius 3 is 2.71 bits per heavy atom. The Morgan fingerprint density at radius 1 is 1.36 bits per heavy atom. The summed E-state index contributed by atoms with van der Waals surface area (Å²) in [6.07, 6.45) is 0. The van der Waals surface area contributed by atoms with Gasteiger partial charge in [-0.1, -0.05) is 0 Å². The highest BCUT2D eigenvalue weighted by atomic mass is 35.5. The molecule has 0 aliphatic carbocycles. The van der Waals surface area contributed by atoms with Crippen LogP contribution in [0.1, 0.15) is 16.8 Å². The first-order valence-corrected chi connectivity index (χ1v) is 4.05. The number of aromatic nitrogens is 1. The van der Waals surface area contributed by atoms with E-state index in [1.54, 1.807) is 7.11 Å². The quantitative estimate of drug-likeness (QED) is 0.809. The van der Waals surface area contributed by atoms with Crippen molar-refractivity contribution in [2.75, 3.05) is 7.11 Å². The van der Waals surface area contributed by atoms with E-state index >= 15 is 0 Å². The summed E-state index contributed by atoms with van der Waals surface area (Å²) >= 11 is 0. The maximum Gasteiger partial charge on any atom is 0.213 e. The third-order valence-electron chi connectivity index (χ3n) is 2.21. The van der Waals surface area contributed by atoms with Crippen LogP contribution < -0.4 is 10.1 Å². The molecule has 0 spiro atoms. The van der Waals surface area contributed by atoms with Crippen molar-refractivity contribution in [3.8, 4) is 5.88 Å². The van der Waals surface area contributed by atoms with Gasteiger partial charge in [0.25, 0.3) is 0 Å². The maximum absolute atomic E-state index is 5.08. The number of nitrogens with zero attached hydrogens (tertiary/aromatic N) is 1. The van der Waals surface area contributed by atoms with Crippen LogP contribution in [0, 0.1) is 6.92 Å². The summed E-state index contributed by atoms with van der Waals surface area (Å²) in [5.74, 6) is 0.718. The lowest BCUT2D eigenvalue weighted by Crippen LogP contribution is -2.00. The lowest BCUT2D eigenvalue weighted by molar-refractivity contribution is 0.396. The zero-order chi connectivity index (χ0) is 8.55. The Kier molecular flexibility index (Phi) is 5.19. The van der Waals surface area contributed by atoms with E-state index in [-0.39, 0.29) is 24.8 Å².